The van der Waals surface area contributed by atoms with E-state index in [4.69, 9.17) is 9.84 Å². The number of carbonyl (C=O) groups excluding carboxylic acids is 1. The van der Waals surface area contributed by atoms with Crippen LogP contribution < -0.4 is 10.1 Å². The maximum atomic E-state index is 12.0. The molecule has 0 fully saturated rings. The predicted molar refractivity (Wildman–Crippen MR) is 75.5 cm³/mol. The number of nitrogens with zero attached hydrogens (tertiary/aromatic N) is 2. The molecule has 1 heterocycles. The number of aliphatic carboxylic acids is 1. The Morgan fingerprint density at radius 2 is 1.95 bits per heavy atom. The topological polar surface area (TPSA) is 93.5 Å². The summed E-state index contributed by atoms with van der Waals surface area (Å²) in [7, 11) is 1.56. The molecule has 0 spiro atoms. The zero-order valence-corrected chi connectivity index (χ0v) is 11.6. The molecular formula is C14H15N3O4. The number of hydrogen-bond donors (Lipinski definition) is 2. The first-order chi connectivity index (χ1) is 10.0. The fourth-order valence-corrected chi connectivity index (χ4v) is 1.66. The lowest BCUT2D eigenvalue weighted by atomic mass is 10.3. The van der Waals surface area contributed by atoms with E-state index in [0.29, 0.717) is 11.4 Å². The van der Waals surface area contributed by atoms with E-state index < -0.39 is 17.9 Å². The van der Waals surface area contributed by atoms with E-state index in [1.54, 1.807) is 31.4 Å². The molecule has 7 nitrogen and oxygen atoms in total. The number of methoxy groups -OCH3 is 1. The lowest BCUT2D eigenvalue weighted by Crippen LogP contribution is -2.18. The van der Waals surface area contributed by atoms with Crippen LogP contribution in [-0.4, -0.2) is 33.9 Å². The van der Waals surface area contributed by atoms with E-state index in [-0.39, 0.29) is 5.69 Å². The molecule has 0 aliphatic rings. The molecule has 1 amide bonds. The average Bonchev–Trinajstić information content (AvgIpc) is 2.97. The van der Waals surface area contributed by atoms with Gasteiger partial charge in [0.15, 0.2) is 5.69 Å². The lowest BCUT2D eigenvalue weighted by Gasteiger charge is -2.06. The smallest absolute Gasteiger partial charge is 0.328 e. The van der Waals surface area contributed by atoms with Crippen molar-refractivity contribution in [2.24, 2.45) is 0 Å². The molecule has 110 valence electrons. The number of carboxylic acid groups (broad SMARTS) is 1. The van der Waals surface area contributed by atoms with Crippen molar-refractivity contribution in [3.05, 3.63) is 42.2 Å². The minimum atomic E-state index is -1.01. The largest absolute Gasteiger partial charge is 0.497 e. The van der Waals surface area contributed by atoms with Crippen molar-refractivity contribution in [1.82, 2.24) is 9.78 Å². The third kappa shape index (κ3) is 3.38. The number of anilines is 1. The second kappa shape index (κ2) is 6.08. The van der Waals surface area contributed by atoms with E-state index in [9.17, 15) is 9.59 Å². The third-order valence-corrected chi connectivity index (χ3v) is 2.94. The van der Waals surface area contributed by atoms with E-state index >= 15 is 0 Å². The van der Waals surface area contributed by atoms with Crippen LogP contribution in [0.2, 0.25) is 0 Å². The first kappa shape index (κ1) is 14.6. The van der Waals surface area contributed by atoms with E-state index in [0.717, 1.165) is 0 Å². The molecule has 1 aromatic carbocycles. The number of nitrogens with one attached hydrogen (secondary N) is 1. The van der Waals surface area contributed by atoms with Gasteiger partial charge in [-0.05, 0) is 37.3 Å². The normalized spacial score (nSPS) is 11.7. The summed E-state index contributed by atoms with van der Waals surface area (Å²) in [5, 5.41) is 15.5. The average molecular weight is 289 g/mol. The Balaban J connectivity index is 2.07. The summed E-state index contributed by atoms with van der Waals surface area (Å²) in [6, 6.07) is 7.49. The quantitative estimate of drug-likeness (QED) is 0.875. The lowest BCUT2D eigenvalue weighted by molar-refractivity contribution is -0.140. The van der Waals surface area contributed by atoms with Gasteiger partial charge < -0.3 is 15.2 Å². The number of ether oxygens (including phenoxy) is 1. The molecule has 2 rings (SSSR count). The van der Waals surface area contributed by atoms with Gasteiger partial charge in [-0.2, -0.15) is 5.10 Å². The van der Waals surface area contributed by atoms with Crippen molar-refractivity contribution in [1.29, 1.82) is 0 Å². The van der Waals surface area contributed by atoms with Crippen molar-refractivity contribution < 1.29 is 19.4 Å². The highest BCUT2D eigenvalue weighted by atomic mass is 16.5. The van der Waals surface area contributed by atoms with Gasteiger partial charge in [0.25, 0.3) is 5.91 Å². The number of carbonyl (C=O) groups is 2. The molecule has 2 N–H and O–H groups in total. The molecule has 1 aromatic heterocycles. The summed E-state index contributed by atoms with van der Waals surface area (Å²) in [6.07, 6.45) is 1.46. The monoisotopic (exact) mass is 289 g/mol. The number of aromatic nitrogens is 2. The Bertz CT molecular complexity index is 648. The molecule has 0 bridgehead atoms. The van der Waals surface area contributed by atoms with Gasteiger partial charge in [0.2, 0.25) is 0 Å². The maximum absolute atomic E-state index is 12.0. The Morgan fingerprint density at radius 3 is 2.52 bits per heavy atom. The highest BCUT2D eigenvalue weighted by Crippen LogP contribution is 2.16. The number of hydrogen-bond acceptors (Lipinski definition) is 4. The van der Waals surface area contributed by atoms with Gasteiger partial charge in [-0.25, -0.2) is 4.79 Å². The van der Waals surface area contributed by atoms with Crippen LogP contribution in [0.3, 0.4) is 0 Å². The number of rotatable bonds is 5. The van der Waals surface area contributed by atoms with Crippen LogP contribution in [0.4, 0.5) is 5.69 Å². The highest BCUT2D eigenvalue weighted by Gasteiger charge is 2.16. The second-order valence-corrected chi connectivity index (χ2v) is 4.38. The summed E-state index contributed by atoms with van der Waals surface area (Å²) in [5.74, 6) is -0.732. The van der Waals surface area contributed by atoms with Gasteiger partial charge in [0, 0.05) is 11.9 Å². The summed E-state index contributed by atoms with van der Waals surface area (Å²) in [6.45, 7) is 1.49. The summed E-state index contributed by atoms with van der Waals surface area (Å²) in [5.41, 5.74) is 0.751. The Kier molecular flexibility index (Phi) is 4.22. The van der Waals surface area contributed by atoms with Crippen LogP contribution in [0.25, 0.3) is 0 Å². The minimum Gasteiger partial charge on any atom is -0.497 e. The van der Waals surface area contributed by atoms with Gasteiger partial charge in [-0.15, -0.1) is 0 Å². The third-order valence-electron chi connectivity index (χ3n) is 2.94. The fraction of sp³-hybridized carbons (Fsp3) is 0.214. The fourth-order valence-electron chi connectivity index (χ4n) is 1.66. The van der Waals surface area contributed by atoms with Gasteiger partial charge in [-0.1, -0.05) is 0 Å². The second-order valence-electron chi connectivity index (χ2n) is 4.38. The van der Waals surface area contributed by atoms with Crippen LogP contribution in [0.5, 0.6) is 5.75 Å². The first-order valence-corrected chi connectivity index (χ1v) is 6.24. The summed E-state index contributed by atoms with van der Waals surface area (Å²) < 4.78 is 6.25. The van der Waals surface area contributed by atoms with Crippen LogP contribution >= 0.6 is 0 Å². The maximum Gasteiger partial charge on any atom is 0.328 e. The number of benzene rings is 1. The van der Waals surface area contributed by atoms with Crippen molar-refractivity contribution in [3.63, 3.8) is 0 Å². The first-order valence-electron chi connectivity index (χ1n) is 6.24. The van der Waals surface area contributed by atoms with E-state index in [1.165, 1.54) is 23.9 Å². The molecule has 7 heteroatoms. The van der Waals surface area contributed by atoms with Gasteiger partial charge >= 0.3 is 5.97 Å². The van der Waals surface area contributed by atoms with E-state index in [2.05, 4.69) is 10.4 Å². The zero-order chi connectivity index (χ0) is 15.4. The number of carboxylic acids is 1. The molecule has 21 heavy (non-hydrogen) atoms. The van der Waals surface area contributed by atoms with Crippen LogP contribution in [0, 0.1) is 0 Å². The van der Waals surface area contributed by atoms with Crippen LogP contribution in [-0.2, 0) is 4.79 Å². The van der Waals surface area contributed by atoms with Gasteiger partial charge in [0.05, 0.1) is 7.11 Å². The molecule has 0 saturated heterocycles. The number of amides is 1. The highest BCUT2D eigenvalue weighted by molar-refractivity contribution is 6.02. The van der Waals surface area contributed by atoms with Gasteiger partial charge in [-0.3, -0.25) is 9.48 Å². The Labute approximate surface area is 121 Å². The van der Waals surface area contributed by atoms with E-state index in [1.807, 2.05) is 0 Å². The predicted octanol–water partition coefficient (Wildman–Crippen LogP) is 1.79. The SMILES string of the molecule is COc1ccc(NC(=O)c2ccn(C(C)C(=O)O)n2)cc1. The Hall–Kier alpha value is -2.83. The van der Waals surface area contributed by atoms with Crippen LogP contribution in [0.15, 0.2) is 36.5 Å². The van der Waals surface area contributed by atoms with Crippen molar-refractivity contribution in [3.8, 4) is 5.75 Å². The molecule has 1 atom stereocenters. The zero-order valence-electron chi connectivity index (χ0n) is 11.6. The van der Waals surface area contributed by atoms with Crippen molar-refractivity contribution in [2.45, 2.75) is 13.0 Å². The molecule has 1 unspecified atom stereocenters. The van der Waals surface area contributed by atoms with Crippen LogP contribution in [0.1, 0.15) is 23.5 Å². The Morgan fingerprint density at radius 1 is 1.29 bits per heavy atom. The summed E-state index contributed by atoms with van der Waals surface area (Å²) >= 11 is 0. The summed E-state index contributed by atoms with van der Waals surface area (Å²) in [4.78, 5) is 22.9. The molecule has 2 aromatic rings. The molecule has 0 radical (unpaired) electrons. The van der Waals surface area contributed by atoms with Crippen molar-refractivity contribution in [2.75, 3.05) is 12.4 Å². The van der Waals surface area contributed by atoms with Crippen molar-refractivity contribution >= 4 is 17.6 Å². The molecular weight excluding hydrogens is 274 g/mol. The molecule has 0 aliphatic heterocycles. The molecule has 0 aliphatic carbocycles. The van der Waals surface area contributed by atoms with Gasteiger partial charge in [0.1, 0.15) is 11.8 Å². The standard InChI is InChI=1S/C14H15N3O4/c1-9(14(19)20)17-8-7-12(16-17)13(18)15-10-3-5-11(21-2)6-4-10/h3-9H,1-2H3,(H,15,18)(H,19,20). The minimum absolute atomic E-state index is 0.152. The molecule has 0 saturated carbocycles.